The van der Waals surface area contributed by atoms with Gasteiger partial charge in [0.2, 0.25) is 0 Å². The zero-order chi connectivity index (χ0) is 14.0. The van der Waals surface area contributed by atoms with Crippen LogP contribution in [0, 0.1) is 0 Å². The van der Waals surface area contributed by atoms with Gasteiger partial charge in [-0.15, -0.1) is 0 Å². The fourth-order valence-electron chi connectivity index (χ4n) is 1.77. The number of hydrogen-bond donors (Lipinski definition) is 1. The number of pyridine rings is 1. The van der Waals surface area contributed by atoms with Crippen molar-refractivity contribution in [1.82, 2.24) is 15.2 Å². The lowest BCUT2D eigenvalue weighted by Gasteiger charge is -2.11. The lowest BCUT2D eigenvalue weighted by atomic mass is 10.0. The molecule has 0 saturated carbocycles. The summed E-state index contributed by atoms with van der Waals surface area (Å²) < 4.78 is 38.2. The molecule has 0 saturated heterocycles. The highest BCUT2D eigenvalue weighted by Gasteiger charge is 2.34. The summed E-state index contributed by atoms with van der Waals surface area (Å²) in [6, 6.07) is 2.40. The van der Waals surface area contributed by atoms with Crippen molar-refractivity contribution in [3.05, 3.63) is 46.1 Å². The van der Waals surface area contributed by atoms with Crippen LogP contribution in [0.1, 0.15) is 18.2 Å². The van der Waals surface area contributed by atoms with E-state index in [1.165, 1.54) is 12.4 Å². The normalized spacial score (nSPS) is 11.6. The van der Waals surface area contributed by atoms with Gasteiger partial charge in [-0.2, -0.15) is 23.4 Å². The van der Waals surface area contributed by atoms with E-state index >= 15 is 0 Å². The average molecular weight is 269 g/mol. The van der Waals surface area contributed by atoms with Gasteiger partial charge in [-0.05, 0) is 18.6 Å². The van der Waals surface area contributed by atoms with E-state index in [9.17, 15) is 18.0 Å². The summed E-state index contributed by atoms with van der Waals surface area (Å²) in [5, 5.41) is 7.20. The second-order valence-electron chi connectivity index (χ2n) is 3.89. The lowest BCUT2D eigenvalue weighted by molar-refractivity contribution is -0.138. The number of aryl methyl sites for hydroxylation is 1. The minimum atomic E-state index is -4.69. The summed E-state index contributed by atoms with van der Waals surface area (Å²) in [4.78, 5) is 13.7. The Labute approximate surface area is 106 Å². The molecule has 2 heterocycles. The van der Waals surface area contributed by atoms with Crippen LogP contribution in [0.3, 0.4) is 0 Å². The molecule has 0 spiro atoms. The summed E-state index contributed by atoms with van der Waals surface area (Å²) in [5.74, 6) is 0. The molecule has 0 fully saturated rings. The molecule has 19 heavy (non-hydrogen) atoms. The molecule has 0 aliphatic heterocycles. The molecule has 2 aromatic heterocycles. The molecule has 0 atom stereocenters. The number of aromatic amines is 1. The molecule has 0 amide bonds. The van der Waals surface area contributed by atoms with Gasteiger partial charge in [0.05, 0.1) is 12.4 Å². The van der Waals surface area contributed by atoms with Gasteiger partial charge in [0.25, 0.3) is 5.56 Å². The summed E-state index contributed by atoms with van der Waals surface area (Å²) in [7, 11) is 0. The molecule has 2 rings (SSSR count). The largest absolute Gasteiger partial charge is 0.421 e. The molecule has 0 bridgehead atoms. The third-order valence-electron chi connectivity index (χ3n) is 2.68. The Balaban J connectivity index is 2.70. The van der Waals surface area contributed by atoms with E-state index in [-0.39, 0.29) is 0 Å². The van der Waals surface area contributed by atoms with Crippen LogP contribution < -0.4 is 5.56 Å². The number of rotatable bonds is 2. The zero-order valence-electron chi connectivity index (χ0n) is 9.95. The number of nitrogens with zero attached hydrogens (tertiary/aromatic N) is 2. The monoisotopic (exact) mass is 269 g/mol. The summed E-state index contributed by atoms with van der Waals surface area (Å²) in [5.41, 5.74) is -1.12. The Kier molecular flexibility index (Phi) is 3.37. The predicted octanol–water partition coefficient (Wildman–Crippen LogP) is 2.41. The van der Waals surface area contributed by atoms with Crippen LogP contribution in [0.5, 0.6) is 0 Å². The number of halogens is 3. The first-order valence-electron chi connectivity index (χ1n) is 5.54. The van der Waals surface area contributed by atoms with Gasteiger partial charge in [0.15, 0.2) is 0 Å². The number of H-pyrrole nitrogens is 1. The number of hydrogen-bond acceptors (Lipinski definition) is 3. The van der Waals surface area contributed by atoms with Gasteiger partial charge in [-0.25, -0.2) is 0 Å². The Morgan fingerprint density at radius 3 is 2.58 bits per heavy atom. The molecular formula is C12H10F3N3O. The number of aromatic nitrogens is 3. The second-order valence-corrected chi connectivity index (χ2v) is 3.89. The quantitative estimate of drug-likeness (QED) is 0.910. The van der Waals surface area contributed by atoms with Crippen LogP contribution in [-0.4, -0.2) is 15.2 Å². The second kappa shape index (κ2) is 4.83. The third-order valence-corrected chi connectivity index (χ3v) is 2.68. The fourth-order valence-corrected chi connectivity index (χ4v) is 1.77. The highest BCUT2D eigenvalue weighted by molar-refractivity contribution is 5.65. The van der Waals surface area contributed by atoms with Crippen LogP contribution in [0.15, 0.2) is 29.3 Å². The van der Waals surface area contributed by atoms with Gasteiger partial charge in [0, 0.05) is 16.8 Å². The minimum absolute atomic E-state index is 0.310. The van der Waals surface area contributed by atoms with Gasteiger partial charge in [-0.3, -0.25) is 4.79 Å². The van der Waals surface area contributed by atoms with Crippen LogP contribution in [0.2, 0.25) is 0 Å². The Bertz CT molecular complexity index is 635. The standard InChI is InChI=1S/C12H10F3N3O/c1-2-10-8(7-3-4-16-17-6-7)5-9(11(19)18-10)12(13,14)15/h3-6H,2H2,1H3,(H,18,19). The van der Waals surface area contributed by atoms with Crippen molar-refractivity contribution in [3.8, 4) is 11.1 Å². The van der Waals surface area contributed by atoms with Crippen LogP contribution in [0.25, 0.3) is 11.1 Å². The Hall–Kier alpha value is -2.18. The van der Waals surface area contributed by atoms with Crippen LogP contribution >= 0.6 is 0 Å². The molecular weight excluding hydrogens is 259 g/mol. The van der Waals surface area contributed by atoms with Crippen molar-refractivity contribution in [3.63, 3.8) is 0 Å². The van der Waals surface area contributed by atoms with Crippen molar-refractivity contribution in [2.24, 2.45) is 0 Å². The smallest absolute Gasteiger partial charge is 0.325 e. The van der Waals surface area contributed by atoms with Crippen LogP contribution in [0.4, 0.5) is 13.2 Å². The van der Waals surface area contributed by atoms with Gasteiger partial charge in [-0.1, -0.05) is 6.92 Å². The SMILES string of the molecule is CCc1[nH]c(=O)c(C(F)(F)F)cc1-c1ccnnc1. The molecule has 0 radical (unpaired) electrons. The first-order chi connectivity index (χ1) is 8.93. The van der Waals surface area contributed by atoms with E-state index in [1.54, 1.807) is 13.0 Å². The van der Waals surface area contributed by atoms with Crippen molar-refractivity contribution in [2.75, 3.05) is 0 Å². The summed E-state index contributed by atoms with van der Waals surface area (Å²) in [6.45, 7) is 1.75. The molecule has 0 aliphatic carbocycles. The van der Waals surface area contributed by atoms with E-state index in [0.717, 1.165) is 6.07 Å². The maximum atomic E-state index is 12.7. The van der Waals surface area contributed by atoms with Crippen molar-refractivity contribution in [2.45, 2.75) is 19.5 Å². The van der Waals surface area contributed by atoms with E-state index in [4.69, 9.17) is 0 Å². The van der Waals surface area contributed by atoms with Gasteiger partial charge < -0.3 is 4.98 Å². The molecule has 0 aliphatic rings. The molecule has 7 heteroatoms. The van der Waals surface area contributed by atoms with Gasteiger partial charge >= 0.3 is 6.18 Å². The highest BCUT2D eigenvalue weighted by Crippen LogP contribution is 2.30. The lowest BCUT2D eigenvalue weighted by Crippen LogP contribution is -2.23. The minimum Gasteiger partial charge on any atom is -0.325 e. The fraction of sp³-hybridized carbons (Fsp3) is 0.250. The summed E-state index contributed by atoms with van der Waals surface area (Å²) in [6.07, 6.45) is -1.54. The number of alkyl halides is 3. The molecule has 100 valence electrons. The van der Waals surface area contributed by atoms with Crippen molar-refractivity contribution >= 4 is 0 Å². The van der Waals surface area contributed by atoms with Crippen LogP contribution in [-0.2, 0) is 12.6 Å². The summed E-state index contributed by atoms with van der Waals surface area (Å²) >= 11 is 0. The predicted molar refractivity (Wildman–Crippen MR) is 62.5 cm³/mol. The average Bonchev–Trinajstić information content (AvgIpc) is 2.38. The molecule has 0 aromatic carbocycles. The first kappa shape index (κ1) is 13.3. The van der Waals surface area contributed by atoms with E-state index in [1.807, 2.05) is 0 Å². The highest BCUT2D eigenvalue weighted by atomic mass is 19.4. The molecule has 4 nitrogen and oxygen atoms in total. The first-order valence-corrected chi connectivity index (χ1v) is 5.54. The van der Waals surface area contributed by atoms with Crippen molar-refractivity contribution < 1.29 is 13.2 Å². The van der Waals surface area contributed by atoms with Gasteiger partial charge in [0.1, 0.15) is 5.56 Å². The maximum absolute atomic E-state index is 12.7. The number of nitrogens with one attached hydrogen (secondary N) is 1. The zero-order valence-corrected chi connectivity index (χ0v) is 9.95. The van der Waals surface area contributed by atoms with Crippen molar-refractivity contribution in [1.29, 1.82) is 0 Å². The Morgan fingerprint density at radius 2 is 2.05 bits per heavy atom. The Morgan fingerprint density at radius 1 is 1.32 bits per heavy atom. The third kappa shape index (κ3) is 2.64. The topological polar surface area (TPSA) is 58.6 Å². The van der Waals surface area contributed by atoms with E-state index in [2.05, 4.69) is 15.2 Å². The van der Waals surface area contributed by atoms with E-state index < -0.39 is 17.3 Å². The molecule has 1 N–H and O–H groups in total. The molecule has 0 unspecified atom stereocenters. The van der Waals surface area contributed by atoms with E-state index in [0.29, 0.717) is 23.2 Å². The maximum Gasteiger partial charge on any atom is 0.421 e. The molecule has 2 aromatic rings.